The maximum Gasteiger partial charge on any atom is 0.253 e. The standard InChI is InChI=1S/C23H26N4O4S/c1-25(17-19-12-15-27(24-19)20-8-4-3-5-9-20)23(28)18-10-11-21(31-2)22(16-18)32(29,30)26-13-6-7-14-26/h3-5,8-12,15-16H,6-7,13-14,17H2,1-2H3. The molecule has 0 aliphatic carbocycles. The quantitative estimate of drug-likeness (QED) is 0.548. The van der Waals surface area contributed by atoms with Gasteiger partial charge in [0.05, 0.1) is 25.0 Å². The van der Waals surface area contributed by atoms with Crippen LogP contribution < -0.4 is 4.74 Å². The lowest BCUT2D eigenvalue weighted by atomic mass is 10.2. The van der Waals surface area contributed by atoms with E-state index in [2.05, 4.69) is 5.10 Å². The monoisotopic (exact) mass is 454 g/mol. The van der Waals surface area contributed by atoms with Gasteiger partial charge >= 0.3 is 0 Å². The minimum Gasteiger partial charge on any atom is -0.495 e. The fourth-order valence-corrected chi connectivity index (χ4v) is 5.48. The van der Waals surface area contributed by atoms with Gasteiger partial charge in [-0.1, -0.05) is 18.2 Å². The van der Waals surface area contributed by atoms with Crippen molar-refractivity contribution in [2.75, 3.05) is 27.2 Å². The molecule has 0 saturated carbocycles. The van der Waals surface area contributed by atoms with Gasteiger partial charge in [0.15, 0.2) is 0 Å². The molecule has 0 radical (unpaired) electrons. The molecular formula is C23H26N4O4S. The number of ether oxygens (including phenoxy) is 1. The largest absolute Gasteiger partial charge is 0.495 e. The second-order valence-electron chi connectivity index (χ2n) is 7.73. The van der Waals surface area contributed by atoms with Crippen molar-refractivity contribution in [3.8, 4) is 11.4 Å². The van der Waals surface area contributed by atoms with Gasteiger partial charge < -0.3 is 9.64 Å². The molecule has 1 aromatic heterocycles. The molecule has 0 atom stereocenters. The van der Waals surface area contributed by atoms with E-state index in [1.165, 1.54) is 28.4 Å². The lowest BCUT2D eigenvalue weighted by Gasteiger charge is -2.20. The predicted molar refractivity (Wildman–Crippen MR) is 120 cm³/mol. The number of para-hydroxylation sites is 1. The van der Waals surface area contributed by atoms with E-state index in [9.17, 15) is 13.2 Å². The van der Waals surface area contributed by atoms with Crippen LogP contribution in [-0.2, 0) is 16.6 Å². The smallest absolute Gasteiger partial charge is 0.253 e. The van der Waals surface area contributed by atoms with E-state index in [-0.39, 0.29) is 22.1 Å². The molecule has 0 N–H and O–H groups in total. The lowest BCUT2D eigenvalue weighted by molar-refractivity contribution is 0.0783. The Kier molecular flexibility index (Phi) is 6.29. The summed E-state index contributed by atoms with van der Waals surface area (Å²) < 4.78 is 34.7. The van der Waals surface area contributed by atoms with Crippen LogP contribution in [0.2, 0.25) is 0 Å². The average molecular weight is 455 g/mol. The molecule has 1 saturated heterocycles. The highest BCUT2D eigenvalue weighted by Crippen LogP contribution is 2.30. The molecule has 1 amide bonds. The number of rotatable bonds is 7. The highest BCUT2D eigenvalue weighted by Gasteiger charge is 2.31. The van der Waals surface area contributed by atoms with Gasteiger partial charge in [0.2, 0.25) is 10.0 Å². The molecule has 2 aromatic carbocycles. The summed E-state index contributed by atoms with van der Waals surface area (Å²) in [6.07, 6.45) is 3.51. The molecule has 0 spiro atoms. The first-order valence-corrected chi connectivity index (χ1v) is 11.9. The Hall–Kier alpha value is -3.17. The first kappa shape index (κ1) is 22.0. The summed E-state index contributed by atoms with van der Waals surface area (Å²) in [5.41, 5.74) is 1.94. The summed E-state index contributed by atoms with van der Waals surface area (Å²) in [7, 11) is -0.632. The molecular weight excluding hydrogens is 428 g/mol. The van der Waals surface area contributed by atoms with Crippen LogP contribution in [0.25, 0.3) is 5.69 Å². The molecule has 0 unspecified atom stereocenters. The Balaban J connectivity index is 1.55. The zero-order valence-corrected chi connectivity index (χ0v) is 19.0. The number of aromatic nitrogens is 2. The second-order valence-corrected chi connectivity index (χ2v) is 9.63. The van der Waals surface area contributed by atoms with Crippen molar-refractivity contribution in [3.05, 3.63) is 72.1 Å². The number of sulfonamides is 1. The van der Waals surface area contributed by atoms with Gasteiger partial charge in [-0.25, -0.2) is 13.1 Å². The number of hydrogen-bond donors (Lipinski definition) is 0. The van der Waals surface area contributed by atoms with Crippen molar-refractivity contribution in [1.29, 1.82) is 0 Å². The van der Waals surface area contributed by atoms with E-state index in [1.807, 2.05) is 42.6 Å². The lowest BCUT2D eigenvalue weighted by Crippen LogP contribution is -2.29. The number of amides is 1. The van der Waals surface area contributed by atoms with Crippen molar-refractivity contribution in [1.82, 2.24) is 19.0 Å². The first-order valence-electron chi connectivity index (χ1n) is 10.4. The average Bonchev–Trinajstić information content (AvgIpc) is 3.51. The van der Waals surface area contributed by atoms with Crippen LogP contribution in [0.4, 0.5) is 0 Å². The molecule has 0 bridgehead atoms. The van der Waals surface area contributed by atoms with Gasteiger partial charge in [-0.3, -0.25) is 4.79 Å². The van der Waals surface area contributed by atoms with E-state index < -0.39 is 10.0 Å². The van der Waals surface area contributed by atoms with Gasteiger partial charge in [0.25, 0.3) is 5.91 Å². The molecule has 1 aliphatic rings. The highest BCUT2D eigenvalue weighted by atomic mass is 32.2. The number of nitrogens with zero attached hydrogens (tertiary/aromatic N) is 4. The zero-order valence-electron chi connectivity index (χ0n) is 18.1. The number of benzene rings is 2. The Labute approximate surface area is 188 Å². The molecule has 1 aliphatic heterocycles. The van der Waals surface area contributed by atoms with Gasteiger partial charge in [-0.05, 0) is 49.2 Å². The van der Waals surface area contributed by atoms with Crippen molar-refractivity contribution < 1.29 is 17.9 Å². The maximum atomic E-state index is 13.1. The SMILES string of the molecule is COc1ccc(C(=O)N(C)Cc2ccn(-c3ccccc3)n2)cc1S(=O)(=O)N1CCCC1. The molecule has 4 rings (SSSR count). The van der Waals surface area contributed by atoms with Crippen molar-refractivity contribution in [2.24, 2.45) is 0 Å². The summed E-state index contributed by atoms with van der Waals surface area (Å²) in [5, 5.41) is 4.53. The van der Waals surface area contributed by atoms with Crippen LogP contribution in [0.1, 0.15) is 28.9 Å². The van der Waals surface area contributed by atoms with Gasteiger partial charge in [0.1, 0.15) is 10.6 Å². The van der Waals surface area contributed by atoms with Crippen LogP contribution in [0.5, 0.6) is 5.75 Å². The third kappa shape index (κ3) is 4.39. The van der Waals surface area contributed by atoms with Crippen LogP contribution in [0, 0.1) is 0 Å². The van der Waals surface area contributed by atoms with Crippen LogP contribution in [-0.4, -0.2) is 60.6 Å². The van der Waals surface area contributed by atoms with E-state index >= 15 is 0 Å². The third-order valence-electron chi connectivity index (χ3n) is 5.50. The number of hydrogen-bond acceptors (Lipinski definition) is 5. The van der Waals surface area contributed by atoms with E-state index in [4.69, 9.17) is 4.74 Å². The minimum atomic E-state index is -3.73. The van der Waals surface area contributed by atoms with Crippen LogP contribution in [0.3, 0.4) is 0 Å². The number of carbonyl (C=O) groups is 1. The van der Waals surface area contributed by atoms with Crippen LogP contribution in [0.15, 0.2) is 65.7 Å². The third-order valence-corrected chi connectivity index (χ3v) is 7.42. The first-order chi connectivity index (χ1) is 15.4. The molecule has 1 fully saturated rings. The molecule has 168 valence electrons. The molecule has 9 heteroatoms. The topological polar surface area (TPSA) is 84.7 Å². The maximum absolute atomic E-state index is 13.1. The van der Waals surface area contributed by atoms with Crippen molar-refractivity contribution in [3.63, 3.8) is 0 Å². The van der Waals surface area contributed by atoms with Crippen LogP contribution >= 0.6 is 0 Å². The zero-order chi connectivity index (χ0) is 22.7. The Morgan fingerprint density at radius 1 is 1.09 bits per heavy atom. The van der Waals surface area contributed by atoms with Gasteiger partial charge in [-0.15, -0.1) is 0 Å². The fourth-order valence-electron chi connectivity index (χ4n) is 3.78. The minimum absolute atomic E-state index is 0.0227. The molecule has 32 heavy (non-hydrogen) atoms. The fraction of sp³-hybridized carbons (Fsp3) is 0.304. The summed E-state index contributed by atoms with van der Waals surface area (Å²) in [5.74, 6) is -0.0579. The Morgan fingerprint density at radius 3 is 2.50 bits per heavy atom. The van der Waals surface area contributed by atoms with E-state index in [0.29, 0.717) is 19.6 Å². The molecule has 8 nitrogen and oxygen atoms in total. The number of methoxy groups -OCH3 is 1. The summed E-state index contributed by atoms with van der Waals surface area (Å²) in [6.45, 7) is 1.25. The molecule has 3 aromatic rings. The normalized spacial score (nSPS) is 14.4. The summed E-state index contributed by atoms with van der Waals surface area (Å²) in [6, 6.07) is 16.1. The van der Waals surface area contributed by atoms with Gasteiger partial charge in [-0.2, -0.15) is 9.40 Å². The Morgan fingerprint density at radius 2 is 1.81 bits per heavy atom. The summed E-state index contributed by atoms with van der Waals surface area (Å²) in [4.78, 5) is 14.6. The van der Waals surface area contributed by atoms with E-state index in [0.717, 1.165) is 24.2 Å². The highest BCUT2D eigenvalue weighted by molar-refractivity contribution is 7.89. The second kappa shape index (κ2) is 9.13. The predicted octanol–water partition coefficient (Wildman–Crippen LogP) is 2.94. The van der Waals surface area contributed by atoms with E-state index in [1.54, 1.807) is 17.8 Å². The summed E-state index contributed by atoms with van der Waals surface area (Å²) >= 11 is 0. The number of carbonyl (C=O) groups excluding carboxylic acids is 1. The molecule has 2 heterocycles. The van der Waals surface area contributed by atoms with Gasteiger partial charge in [0, 0.05) is 31.9 Å². The van der Waals surface area contributed by atoms with Crippen molar-refractivity contribution >= 4 is 15.9 Å². The van der Waals surface area contributed by atoms with Crippen molar-refractivity contribution in [2.45, 2.75) is 24.3 Å². The Bertz CT molecular complexity index is 1200.